The number of hydrogen-bond donors (Lipinski definition) is 2. The van der Waals surface area contributed by atoms with E-state index in [-0.39, 0.29) is 12.0 Å². The molecule has 8 nitrogen and oxygen atoms in total. The number of nitrogens with zero attached hydrogens (tertiary/aromatic N) is 5. The molecule has 2 N–H and O–H groups in total. The van der Waals surface area contributed by atoms with Crippen molar-refractivity contribution < 1.29 is 4.79 Å². The number of pyridine rings is 1. The van der Waals surface area contributed by atoms with Crippen LogP contribution in [0.1, 0.15) is 56.8 Å². The van der Waals surface area contributed by atoms with Crippen LogP contribution < -0.4 is 10.6 Å². The van der Waals surface area contributed by atoms with Crippen LogP contribution in [-0.2, 0) is 11.3 Å². The van der Waals surface area contributed by atoms with Gasteiger partial charge in [0.1, 0.15) is 11.6 Å². The maximum atomic E-state index is 12.8. The third kappa shape index (κ3) is 5.47. The van der Waals surface area contributed by atoms with Crippen molar-refractivity contribution in [3.8, 4) is 5.82 Å². The van der Waals surface area contributed by atoms with E-state index in [1.54, 1.807) is 6.20 Å². The lowest BCUT2D eigenvalue weighted by molar-refractivity contribution is -0.135. The summed E-state index contributed by atoms with van der Waals surface area (Å²) in [5.74, 6) is 3.15. The Balaban J connectivity index is 1.32. The molecule has 0 radical (unpaired) electrons. The smallest absolute Gasteiger partial charge is 0.225 e. The fourth-order valence-corrected chi connectivity index (χ4v) is 4.64. The van der Waals surface area contributed by atoms with E-state index < -0.39 is 0 Å². The number of carbonyl (C=O) groups is 1. The highest BCUT2D eigenvalue weighted by molar-refractivity contribution is 5.81. The summed E-state index contributed by atoms with van der Waals surface area (Å²) in [6.45, 7) is 6.96. The molecule has 1 amide bonds. The molecular formula is C24H35N7O. The summed E-state index contributed by atoms with van der Waals surface area (Å²) < 4.78 is 1.96. The number of aryl methyl sites for hydroxylation is 1. The summed E-state index contributed by atoms with van der Waals surface area (Å²) in [5, 5.41) is 6.86. The van der Waals surface area contributed by atoms with Gasteiger partial charge >= 0.3 is 0 Å². The molecule has 1 unspecified atom stereocenters. The van der Waals surface area contributed by atoms with Crippen molar-refractivity contribution in [2.24, 2.45) is 10.9 Å². The van der Waals surface area contributed by atoms with Crippen molar-refractivity contribution in [2.45, 2.75) is 65.0 Å². The normalized spacial score (nSPS) is 19.9. The standard InChI is InChI=1S/C24H35N7O/c1-3-25-24(28-16-19-9-10-22(27-15-19)31-14-12-26-18(31)2)29-21-11-13-30(17-21)23(32)20-7-5-4-6-8-20/h9-10,12,14-15,20-21H,3-8,11,13,16-17H2,1-2H3,(H2,25,28,29). The predicted molar refractivity (Wildman–Crippen MR) is 126 cm³/mol. The van der Waals surface area contributed by atoms with Crippen LogP contribution in [0.25, 0.3) is 5.82 Å². The molecule has 1 atom stereocenters. The van der Waals surface area contributed by atoms with Crippen LogP contribution in [0.15, 0.2) is 35.7 Å². The van der Waals surface area contributed by atoms with Gasteiger partial charge in [-0.2, -0.15) is 0 Å². The average molecular weight is 438 g/mol. The van der Waals surface area contributed by atoms with Crippen molar-refractivity contribution >= 4 is 11.9 Å². The summed E-state index contributed by atoms with van der Waals surface area (Å²) in [6, 6.07) is 4.28. The molecular weight excluding hydrogens is 402 g/mol. The molecule has 3 heterocycles. The van der Waals surface area contributed by atoms with Crippen LogP contribution in [0.3, 0.4) is 0 Å². The van der Waals surface area contributed by atoms with Crippen LogP contribution >= 0.6 is 0 Å². The van der Waals surface area contributed by atoms with E-state index in [1.807, 2.05) is 30.0 Å². The minimum atomic E-state index is 0.241. The number of carbonyl (C=O) groups excluding carboxylic acids is 1. The first-order valence-corrected chi connectivity index (χ1v) is 11.9. The zero-order valence-electron chi connectivity index (χ0n) is 19.3. The highest BCUT2D eigenvalue weighted by Gasteiger charge is 2.31. The Morgan fingerprint density at radius 1 is 1.19 bits per heavy atom. The quantitative estimate of drug-likeness (QED) is 0.536. The van der Waals surface area contributed by atoms with Gasteiger partial charge in [0.05, 0.1) is 6.54 Å². The maximum Gasteiger partial charge on any atom is 0.225 e. The number of imidazole rings is 1. The molecule has 2 aromatic heterocycles. The van der Waals surface area contributed by atoms with Crippen LogP contribution in [0, 0.1) is 12.8 Å². The summed E-state index contributed by atoms with van der Waals surface area (Å²) >= 11 is 0. The van der Waals surface area contributed by atoms with Crippen molar-refractivity contribution in [3.63, 3.8) is 0 Å². The van der Waals surface area contributed by atoms with E-state index in [0.29, 0.717) is 12.5 Å². The zero-order valence-corrected chi connectivity index (χ0v) is 19.3. The highest BCUT2D eigenvalue weighted by Crippen LogP contribution is 2.26. The van der Waals surface area contributed by atoms with Crippen LogP contribution in [0.5, 0.6) is 0 Å². The second-order valence-corrected chi connectivity index (χ2v) is 8.81. The Morgan fingerprint density at radius 3 is 2.72 bits per heavy atom. The van der Waals surface area contributed by atoms with Crippen molar-refractivity contribution in [1.29, 1.82) is 0 Å². The summed E-state index contributed by atoms with van der Waals surface area (Å²) in [5.41, 5.74) is 1.05. The Morgan fingerprint density at radius 2 is 2.03 bits per heavy atom. The van der Waals surface area contributed by atoms with Crippen molar-refractivity contribution in [3.05, 3.63) is 42.1 Å². The van der Waals surface area contributed by atoms with E-state index >= 15 is 0 Å². The molecule has 0 spiro atoms. The first-order valence-electron chi connectivity index (χ1n) is 11.9. The minimum absolute atomic E-state index is 0.241. The molecule has 2 fully saturated rings. The number of nitrogens with one attached hydrogen (secondary N) is 2. The molecule has 1 aliphatic carbocycles. The average Bonchev–Trinajstić information content (AvgIpc) is 3.47. The molecule has 1 saturated carbocycles. The lowest BCUT2D eigenvalue weighted by Crippen LogP contribution is -2.45. The Kier molecular flexibility index (Phi) is 7.39. The van der Waals surface area contributed by atoms with E-state index in [0.717, 1.165) is 62.1 Å². The molecule has 8 heteroatoms. The summed E-state index contributed by atoms with van der Waals surface area (Å²) in [6.07, 6.45) is 12.3. The molecule has 1 saturated heterocycles. The predicted octanol–water partition coefficient (Wildman–Crippen LogP) is 2.81. The SMILES string of the molecule is CCNC(=NCc1ccc(-n2ccnc2C)nc1)NC1CCN(C(=O)C2CCCCC2)C1. The lowest BCUT2D eigenvalue weighted by atomic mass is 9.88. The fourth-order valence-electron chi connectivity index (χ4n) is 4.64. The monoisotopic (exact) mass is 437 g/mol. The number of rotatable bonds is 6. The van der Waals surface area contributed by atoms with E-state index in [2.05, 4.69) is 38.5 Å². The van der Waals surface area contributed by atoms with Gasteiger partial charge in [0.15, 0.2) is 5.96 Å². The maximum absolute atomic E-state index is 12.8. The number of aromatic nitrogens is 3. The third-order valence-electron chi connectivity index (χ3n) is 6.44. The number of likely N-dealkylation sites (tertiary alicyclic amines) is 1. The number of hydrogen-bond acceptors (Lipinski definition) is 4. The molecule has 172 valence electrons. The third-order valence-corrected chi connectivity index (χ3v) is 6.44. The second-order valence-electron chi connectivity index (χ2n) is 8.81. The molecule has 32 heavy (non-hydrogen) atoms. The van der Waals surface area contributed by atoms with Gasteiger partial charge < -0.3 is 15.5 Å². The largest absolute Gasteiger partial charge is 0.357 e. The molecule has 0 aromatic carbocycles. The molecule has 1 aliphatic heterocycles. The van der Waals surface area contributed by atoms with Gasteiger partial charge in [-0.3, -0.25) is 9.36 Å². The summed E-state index contributed by atoms with van der Waals surface area (Å²) in [4.78, 5) is 28.4. The summed E-state index contributed by atoms with van der Waals surface area (Å²) in [7, 11) is 0. The van der Waals surface area contributed by atoms with E-state index in [1.165, 1.54) is 19.3 Å². The second kappa shape index (κ2) is 10.6. The number of aliphatic imine (C=N–C) groups is 1. The Labute approximate surface area is 190 Å². The Hall–Kier alpha value is -2.90. The molecule has 2 aromatic rings. The molecule has 4 rings (SSSR count). The number of amides is 1. The van der Waals surface area contributed by atoms with Gasteiger partial charge in [0.25, 0.3) is 0 Å². The van der Waals surface area contributed by atoms with Crippen LogP contribution in [0.2, 0.25) is 0 Å². The highest BCUT2D eigenvalue weighted by atomic mass is 16.2. The van der Waals surface area contributed by atoms with Gasteiger partial charge in [-0.25, -0.2) is 15.0 Å². The van der Waals surface area contributed by atoms with Crippen molar-refractivity contribution in [1.82, 2.24) is 30.1 Å². The topological polar surface area (TPSA) is 87.4 Å². The fraction of sp³-hybridized carbons (Fsp3) is 0.583. The van der Waals surface area contributed by atoms with Gasteiger partial charge in [0, 0.05) is 50.2 Å². The van der Waals surface area contributed by atoms with E-state index in [9.17, 15) is 4.79 Å². The lowest BCUT2D eigenvalue weighted by Gasteiger charge is -2.26. The van der Waals surface area contributed by atoms with Gasteiger partial charge in [0.2, 0.25) is 5.91 Å². The van der Waals surface area contributed by atoms with Crippen LogP contribution in [-0.4, -0.2) is 57.0 Å². The van der Waals surface area contributed by atoms with Crippen LogP contribution in [0.4, 0.5) is 0 Å². The zero-order chi connectivity index (χ0) is 22.3. The van der Waals surface area contributed by atoms with Crippen molar-refractivity contribution in [2.75, 3.05) is 19.6 Å². The molecule has 0 bridgehead atoms. The van der Waals surface area contributed by atoms with Gasteiger partial charge in [-0.05, 0) is 44.7 Å². The molecule has 2 aliphatic rings. The number of guanidine groups is 1. The Bertz CT molecular complexity index is 915. The first kappa shape index (κ1) is 22.3. The van der Waals surface area contributed by atoms with Gasteiger partial charge in [-0.15, -0.1) is 0 Å². The van der Waals surface area contributed by atoms with E-state index in [4.69, 9.17) is 4.99 Å². The minimum Gasteiger partial charge on any atom is -0.357 e. The first-order chi connectivity index (χ1) is 15.6. The van der Waals surface area contributed by atoms with Gasteiger partial charge in [-0.1, -0.05) is 25.3 Å².